The molecule has 1 N–H and O–H groups in total. The summed E-state index contributed by atoms with van der Waals surface area (Å²) in [5.74, 6) is 0.600. The van der Waals surface area contributed by atoms with Gasteiger partial charge in [0.05, 0.1) is 10.9 Å². The molecule has 2 aromatic heterocycles. The van der Waals surface area contributed by atoms with E-state index in [1.807, 2.05) is 46.8 Å². The van der Waals surface area contributed by atoms with Crippen LogP contribution in [0.5, 0.6) is 5.75 Å². The summed E-state index contributed by atoms with van der Waals surface area (Å²) in [7, 11) is 0. The standard InChI is InChI=1S/C21H28N2O3/c1-6-23-19-16(8-7-14(4)22-19)18-17(20(23)25)15(11-13(2)3)12-21(5,26-18)9-10-24/h7-8,11,15,24H,6,9-10,12H2,1-5H3. The van der Waals surface area contributed by atoms with E-state index in [1.165, 1.54) is 5.57 Å². The van der Waals surface area contributed by atoms with E-state index < -0.39 is 5.60 Å². The lowest BCUT2D eigenvalue weighted by Crippen LogP contribution is -2.42. The lowest BCUT2D eigenvalue weighted by molar-refractivity contribution is 0.0349. The van der Waals surface area contributed by atoms with Crippen molar-refractivity contribution < 1.29 is 9.84 Å². The van der Waals surface area contributed by atoms with E-state index in [0.717, 1.165) is 11.1 Å². The zero-order valence-corrected chi connectivity index (χ0v) is 16.3. The van der Waals surface area contributed by atoms with Gasteiger partial charge in [-0.05, 0) is 53.2 Å². The second-order valence-corrected chi connectivity index (χ2v) is 7.70. The first kappa shape index (κ1) is 18.6. The molecule has 0 saturated heterocycles. The SMILES string of the molecule is CCn1c(=O)c2c(c3ccc(C)nc31)OC(C)(CCO)CC2C=C(C)C. The van der Waals surface area contributed by atoms with Crippen LogP contribution in [0.1, 0.15) is 57.7 Å². The van der Waals surface area contributed by atoms with Crippen molar-refractivity contribution in [3.63, 3.8) is 0 Å². The third kappa shape index (κ3) is 3.16. The summed E-state index contributed by atoms with van der Waals surface area (Å²) in [5, 5.41) is 10.4. The molecule has 1 aliphatic rings. The molecule has 3 heterocycles. The molecule has 3 rings (SSSR count). The minimum Gasteiger partial charge on any atom is -0.486 e. The zero-order valence-electron chi connectivity index (χ0n) is 16.3. The van der Waals surface area contributed by atoms with Crippen molar-refractivity contribution >= 4 is 11.0 Å². The zero-order chi connectivity index (χ0) is 19.1. The molecule has 0 saturated carbocycles. The van der Waals surface area contributed by atoms with E-state index in [9.17, 15) is 9.90 Å². The summed E-state index contributed by atoms with van der Waals surface area (Å²) >= 11 is 0. The minimum atomic E-state index is -0.513. The van der Waals surface area contributed by atoms with E-state index in [1.54, 1.807) is 4.57 Å². The number of hydrogen-bond acceptors (Lipinski definition) is 4. The third-order valence-corrected chi connectivity index (χ3v) is 5.10. The molecule has 0 amide bonds. The summed E-state index contributed by atoms with van der Waals surface area (Å²) in [4.78, 5) is 17.9. The van der Waals surface area contributed by atoms with Gasteiger partial charge in [-0.25, -0.2) is 4.98 Å². The molecule has 2 aromatic rings. The van der Waals surface area contributed by atoms with Crippen LogP contribution in [-0.2, 0) is 6.54 Å². The molecular weight excluding hydrogens is 328 g/mol. The van der Waals surface area contributed by atoms with Crippen molar-refractivity contribution in [3.8, 4) is 5.75 Å². The lowest BCUT2D eigenvalue weighted by Gasteiger charge is -2.39. The number of pyridine rings is 2. The van der Waals surface area contributed by atoms with E-state index in [-0.39, 0.29) is 18.1 Å². The van der Waals surface area contributed by atoms with Crippen LogP contribution in [0, 0.1) is 6.92 Å². The number of allylic oxidation sites excluding steroid dienone is 2. The van der Waals surface area contributed by atoms with Crippen LogP contribution in [0.25, 0.3) is 11.0 Å². The number of ether oxygens (including phenoxy) is 1. The summed E-state index contributed by atoms with van der Waals surface area (Å²) in [6, 6.07) is 3.94. The molecule has 0 bridgehead atoms. The van der Waals surface area contributed by atoms with E-state index in [2.05, 4.69) is 11.1 Å². The molecular formula is C21H28N2O3. The van der Waals surface area contributed by atoms with Crippen LogP contribution >= 0.6 is 0 Å². The maximum atomic E-state index is 13.3. The second-order valence-electron chi connectivity index (χ2n) is 7.70. The third-order valence-electron chi connectivity index (χ3n) is 5.10. The number of aryl methyl sites for hydroxylation is 2. The second kappa shape index (κ2) is 6.88. The molecule has 0 aromatic carbocycles. The monoisotopic (exact) mass is 356 g/mol. The quantitative estimate of drug-likeness (QED) is 0.849. The highest BCUT2D eigenvalue weighted by atomic mass is 16.5. The fourth-order valence-electron chi connectivity index (χ4n) is 3.93. The number of hydrogen-bond donors (Lipinski definition) is 1. The van der Waals surface area contributed by atoms with Gasteiger partial charge in [-0.2, -0.15) is 0 Å². The Morgan fingerprint density at radius 2 is 2.19 bits per heavy atom. The number of nitrogens with zero attached hydrogens (tertiary/aromatic N) is 2. The maximum Gasteiger partial charge on any atom is 0.259 e. The van der Waals surface area contributed by atoms with Gasteiger partial charge in [-0.15, -0.1) is 0 Å². The van der Waals surface area contributed by atoms with Gasteiger partial charge in [0, 0.05) is 31.2 Å². The molecule has 140 valence electrons. The fraction of sp³-hybridized carbons (Fsp3) is 0.524. The molecule has 26 heavy (non-hydrogen) atoms. The van der Waals surface area contributed by atoms with Crippen molar-refractivity contribution in [1.29, 1.82) is 0 Å². The van der Waals surface area contributed by atoms with Crippen molar-refractivity contribution in [1.82, 2.24) is 9.55 Å². The summed E-state index contributed by atoms with van der Waals surface area (Å²) < 4.78 is 8.10. The molecule has 1 aliphatic heterocycles. The Balaban J connectivity index is 2.38. The van der Waals surface area contributed by atoms with Gasteiger partial charge in [0.15, 0.2) is 0 Å². The molecule has 0 spiro atoms. The minimum absolute atomic E-state index is 0.0263. The molecule has 5 nitrogen and oxygen atoms in total. The van der Waals surface area contributed by atoms with E-state index in [4.69, 9.17) is 4.74 Å². The normalized spacial score (nSPS) is 22.0. The van der Waals surface area contributed by atoms with Crippen LogP contribution in [0.2, 0.25) is 0 Å². The Morgan fingerprint density at radius 3 is 2.81 bits per heavy atom. The van der Waals surface area contributed by atoms with Crippen LogP contribution in [0.15, 0.2) is 28.6 Å². The van der Waals surface area contributed by atoms with Crippen molar-refractivity contribution in [2.24, 2.45) is 0 Å². The average Bonchev–Trinajstić information content (AvgIpc) is 2.54. The number of aromatic nitrogens is 2. The van der Waals surface area contributed by atoms with Crippen LogP contribution < -0.4 is 10.3 Å². The Labute approximate surface area is 154 Å². The summed E-state index contributed by atoms with van der Waals surface area (Å²) in [6.07, 6.45) is 3.35. The van der Waals surface area contributed by atoms with Crippen molar-refractivity contribution in [2.75, 3.05) is 6.61 Å². The highest BCUT2D eigenvalue weighted by Crippen LogP contribution is 2.44. The first-order valence-corrected chi connectivity index (χ1v) is 9.28. The van der Waals surface area contributed by atoms with Gasteiger partial charge >= 0.3 is 0 Å². The molecule has 2 unspecified atom stereocenters. The van der Waals surface area contributed by atoms with Crippen LogP contribution in [-0.4, -0.2) is 26.9 Å². The van der Waals surface area contributed by atoms with Gasteiger partial charge in [0.1, 0.15) is 17.0 Å². The molecule has 0 fully saturated rings. The molecule has 5 heteroatoms. The summed E-state index contributed by atoms with van der Waals surface area (Å²) in [5.41, 5.74) is 2.87. The average molecular weight is 356 g/mol. The van der Waals surface area contributed by atoms with Gasteiger partial charge < -0.3 is 9.84 Å². The maximum absolute atomic E-state index is 13.3. The first-order chi connectivity index (χ1) is 12.3. The Kier molecular flexibility index (Phi) is 4.93. The van der Waals surface area contributed by atoms with Crippen molar-refractivity contribution in [2.45, 2.75) is 65.5 Å². The lowest BCUT2D eigenvalue weighted by atomic mass is 9.81. The smallest absolute Gasteiger partial charge is 0.259 e. The van der Waals surface area contributed by atoms with E-state index in [0.29, 0.717) is 36.3 Å². The number of fused-ring (bicyclic) bond motifs is 3. The van der Waals surface area contributed by atoms with Gasteiger partial charge in [-0.1, -0.05) is 11.6 Å². The topological polar surface area (TPSA) is 64.4 Å². The van der Waals surface area contributed by atoms with Crippen LogP contribution in [0.4, 0.5) is 0 Å². The first-order valence-electron chi connectivity index (χ1n) is 9.28. The largest absolute Gasteiger partial charge is 0.486 e. The fourth-order valence-corrected chi connectivity index (χ4v) is 3.93. The molecule has 0 aliphatic carbocycles. The number of rotatable bonds is 4. The predicted molar refractivity (Wildman–Crippen MR) is 104 cm³/mol. The Hall–Kier alpha value is -2.14. The van der Waals surface area contributed by atoms with Crippen LogP contribution in [0.3, 0.4) is 0 Å². The highest BCUT2D eigenvalue weighted by Gasteiger charge is 2.39. The Bertz CT molecular complexity index is 925. The molecule has 2 atom stereocenters. The van der Waals surface area contributed by atoms with E-state index >= 15 is 0 Å². The predicted octanol–water partition coefficient (Wildman–Crippen LogP) is 3.70. The Morgan fingerprint density at radius 1 is 1.46 bits per heavy atom. The molecule has 0 radical (unpaired) electrons. The highest BCUT2D eigenvalue weighted by molar-refractivity contribution is 5.84. The van der Waals surface area contributed by atoms with Gasteiger partial charge in [0.2, 0.25) is 0 Å². The number of aliphatic hydroxyl groups excluding tert-OH is 1. The summed E-state index contributed by atoms with van der Waals surface area (Å²) in [6.45, 7) is 10.6. The van der Waals surface area contributed by atoms with Gasteiger partial charge in [0.25, 0.3) is 5.56 Å². The number of aliphatic hydroxyl groups is 1. The van der Waals surface area contributed by atoms with Gasteiger partial charge in [-0.3, -0.25) is 9.36 Å². The van der Waals surface area contributed by atoms with Crippen molar-refractivity contribution in [3.05, 3.63) is 45.4 Å².